The Morgan fingerprint density at radius 1 is 1.00 bits per heavy atom. The highest BCUT2D eigenvalue weighted by Gasteiger charge is 2.32. The number of benzene rings is 1. The molecule has 1 aromatic rings. The van der Waals surface area contributed by atoms with Crippen LogP contribution in [0, 0.1) is 18.8 Å². The average Bonchev–Trinajstić information content (AvgIpc) is 2.64. The summed E-state index contributed by atoms with van der Waals surface area (Å²) in [6.07, 6.45) is 3.97. The van der Waals surface area contributed by atoms with Crippen molar-refractivity contribution in [3.8, 4) is 0 Å². The smallest absolute Gasteiger partial charge is 0.321 e. The molecular weight excluding hydrogens is 314 g/mol. The number of piperidine rings is 2. The summed E-state index contributed by atoms with van der Waals surface area (Å²) in [5.74, 6) is 0.901. The third kappa shape index (κ3) is 4.53. The summed E-state index contributed by atoms with van der Waals surface area (Å²) in [7, 11) is 0. The lowest BCUT2D eigenvalue weighted by atomic mass is 9.93. The molecule has 136 valence electrons. The number of aryl methyl sites for hydroxylation is 1. The summed E-state index contributed by atoms with van der Waals surface area (Å²) >= 11 is 0. The molecule has 0 spiro atoms. The molecule has 5 nitrogen and oxygen atoms in total. The van der Waals surface area contributed by atoms with Crippen molar-refractivity contribution in [2.75, 3.05) is 31.5 Å². The molecule has 3 rings (SSSR count). The molecule has 2 fully saturated rings. The van der Waals surface area contributed by atoms with Crippen LogP contribution in [0.5, 0.6) is 0 Å². The predicted octanol–water partition coefficient (Wildman–Crippen LogP) is 3.50. The molecule has 0 aliphatic carbocycles. The highest BCUT2D eigenvalue weighted by atomic mass is 16.2. The van der Waals surface area contributed by atoms with E-state index in [1.165, 1.54) is 0 Å². The second-order valence-corrected chi connectivity index (χ2v) is 7.59. The predicted molar refractivity (Wildman–Crippen MR) is 99.5 cm³/mol. The molecule has 1 N–H and O–H groups in total. The van der Waals surface area contributed by atoms with Gasteiger partial charge in [0.15, 0.2) is 0 Å². The van der Waals surface area contributed by atoms with Crippen molar-refractivity contribution in [2.45, 2.75) is 39.5 Å². The molecule has 2 saturated heterocycles. The molecule has 1 unspecified atom stereocenters. The minimum absolute atomic E-state index is 0.0501. The van der Waals surface area contributed by atoms with Crippen molar-refractivity contribution in [2.24, 2.45) is 11.8 Å². The zero-order valence-electron chi connectivity index (χ0n) is 15.3. The summed E-state index contributed by atoms with van der Waals surface area (Å²) in [4.78, 5) is 29.1. The highest BCUT2D eigenvalue weighted by Crippen LogP contribution is 2.23. The summed E-state index contributed by atoms with van der Waals surface area (Å²) < 4.78 is 0. The lowest BCUT2D eigenvalue weighted by Gasteiger charge is -2.37. The molecule has 2 heterocycles. The quantitative estimate of drug-likeness (QED) is 0.893. The molecule has 0 aromatic heterocycles. The number of hydrogen-bond acceptors (Lipinski definition) is 2. The van der Waals surface area contributed by atoms with E-state index in [2.05, 4.69) is 12.2 Å². The van der Waals surface area contributed by atoms with Gasteiger partial charge < -0.3 is 15.1 Å². The van der Waals surface area contributed by atoms with Gasteiger partial charge in [-0.25, -0.2) is 4.79 Å². The van der Waals surface area contributed by atoms with Crippen LogP contribution < -0.4 is 5.32 Å². The summed E-state index contributed by atoms with van der Waals surface area (Å²) in [6.45, 7) is 7.26. The van der Waals surface area contributed by atoms with Gasteiger partial charge in [0.2, 0.25) is 5.91 Å². The van der Waals surface area contributed by atoms with Gasteiger partial charge in [0.1, 0.15) is 0 Å². The molecule has 1 atom stereocenters. The van der Waals surface area contributed by atoms with Crippen LogP contribution in [-0.2, 0) is 4.79 Å². The van der Waals surface area contributed by atoms with Crippen LogP contribution in [0.15, 0.2) is 24.3 Å². The molecule has 0 bridgehead atoms. The topological polar surface area (TPSA) is 52.7 Å². The van der Waals surface area contributed by atoms with Gasteiger partial charge in [-0.05, 0) is 50.7 Å². The van der Waals surface area contributed by atoms with Crippen LogP contribution in [-0.4, -0.2) is 47.9 Å². The fraction of sp³-hybridized carbons (Fsp3) is 0.600. The normalized spacial score (nSPS) is 21.9. The Kier molecular flexibility index (Phi) is 5.61. The van der Waals surface area contributed by atoms with Crippen molar-refractivity contribution >= 4 is 17.6 Å². The van der Waals surface area contributed by atoms with Crippen molar-refractivity contribution in [3.05, 3.63) is 29.8 Å². The highest BCUT2D eigenvalue weighted by molar-refractivity contribution is 5.90. The average molecular weight is 343 g/mol. The van der Waals surface area contributed by atoms with Crippen LogP contribution in [0.25, 0.3) is 0 Å². The number of carbonyl (C=O) groups excluding carboxylic acids is 2. The molecular formula is C20H29N3O2. The second kappa shape index (κ2) is 7.89. The first kappa shape index (κ1) is 17.8. The Hall–Kier alpha value is -2.04. The van der Waals surface area contributed by atoms with E-state index in [9.17, 15) is 9.59 Å². The number of hydrogen-bond donors (Lipinski definition) is 1. The molecule has 2 aliphatic rings. The van der Waals surface area contributed by atoms with Crippen LogP contribution in [0.2, 0.25) is 0 Å². The molecule has 1 aromatic carbocycles. The summed E-state index contributed by atoms with van der Waals surface area (Å²) in [5.41, 5.74) is 1.96. The van der Waals surface area contributed by atoms with E-state index >= 15 is 0 Å². The van der Waals surface area contributed by atoms with Gasteiger partial charge in [-0.1, -0.05) is 24.6 Å². The fourth-order valence-corrected chi connectivity index (χ4v) is 3.69. The number of carbonyl (C=O) groups is 2. The van der Waals surface area contributed by atoms with Crippen LogP contribution in [0.3, 0.4) is 0 Å². The Morgan fingerprint density at radius 2 is 1.68 bits per heavy atom. The summed E-state index contributed by atoms with van der Waals surface area (Å²) in [6, 6.07) is 7.68. The molecule has 0 saturated carbocycles. The van der Waals surface area contributed by atoms with E-state index in [0.717, 1.165) is 56.6 Å². The lowest BCUT2D eigenvalue weighted by molar-refractivity contribution is -0.138. The number of anilines is 1. The minimum Gasteiger partial charge on any atom is -0.342 e. The van der Waals surface area contributed by atoms with Crippen LogP contribution in [0.1, 0.15) is 38.2 Å². The number of amides is 3. The maximum atomic E-state index is 12.8. The van der Waals surface area contributed by atoms with E-state index in [1.54, 1.807) is 4.90 Å². The number of likely N-dealkylation sites (tertiary alicyclic amines) is 2. The number of nitrogens with one attached hydrogen (secondary N) is 1. The maximum absolute atomic E-state index is 12.8. The molecule has 25 heavy (non-hydrogen) atoms. The zero-order chi connectivity index (χ0) is 17.8. The van der Waals surface area contributed by atoms with Crippen molar-refractivity contribution in [1.82, 2.24) is 9.80 Å². The Bertz CT molecular complexity index is 606. The maximum Gasteiger partial charge on any atom is 0.321 e. The van der Waals surface area contributed by atoms with Crippen molar-refractivity contribution in [3.63, 3.8) is 0 Å². The SMILES string of the molecule is Cc1ccc(NC(=O)N2CCCC(C(=O)N3CCC(C)CC3)C2)cc1. The number of nitrogens with zero attached hydrogens (tertiary/aromatic N) is 2. The Labute approximate surface area is 150 Å². The molecule has 2 aliphatic heterocycles. The first-order valence-corrected chi connectivity index (χ1v) is 9.44. The minimum atomic E-state index is -0.103. The van der Waals surface area contributed by atoms with Gasteiger partial charge in [-0.2, -0.15) is 0 Å². The van der Waals surface area contributed by atoms with Crippen LogP contribution >= 0.6 is 0 Å². The lowest BCUT2D eigenvalue weighted by Crippen LogP contribution is -2.49. The van der Waals surface area contributed by atoms with E-state index in [4.69, 9.17) is 0 Å². The van der Waals surface area contributed by atoms with Gasteiger partial charge in [0, 0.05) is 31.9 Å². The molecule has 0 radical (unpaired) electrons. The zero-order valence-corrected chi connectivity index (χ0v) is 15.3. The summed E-state index contributed by atoms with van der Waals surface area (Å²) in [5, 5.41) is 2.95. The van der Waals surface area contributed by atoms with Gasteiger partial charge in [-0.3, -0.25) is 4.79 Å². The first-order valence-electron chi connectivity index (χ1n) is 9.44. The van der Waals surface area contributed by atoms with Crippen molar-refractivity contribution < 1.29 is 9.59 Å². The molecule has 3 amide bonds. The number of urea groups is 1. The first-order chi connectivity index (χ1) is 12.0. The van der Waals surface area contributed by atoms with Gasteiger partial charge in [-0.15, -0.1) is 0 Å². The fourth-order valence-electron chi connectivity index (χ4n) is 3.69. The molecule has 5 heteroatoms. The monoisotopic (exact) mass is 343 g/mol. The van der Waals surface area contributed by atoms with E-state index in [0.29, 0.717) is 12.5 Å². The van der Waals surface area contributed by atoms with Gasteiger partial charge in [0.05, 0.1) is 5.92 Å². The largest absolute Gasteiger partial charge is 0.342 e. The Balaban J connectivity index is 1.55. The van der Waals surface area contributed by atoms with Gasteiger partial charge in [0.25, 0.3) is 0 Å². The third-order valence-corrected chi connectivity index (χ3v) is 5.46. The van der Waals surface area contributed by atoms with E-state index in [1.807, 2.05) is 36.1 Å². The standard InChI is InChI=1S/C20H29N3O2/c1-15-5-7-18(8-6-15)21-20(25)23-11-3-4-17(14-23)19(24)22-12-9-16(2)10-13-22/h5-8,16-17H,3-4,9-14H2,1-2H3,(H,21,25). The third-order valence-electron chi connectivity index (χ3n) is 5.46. The second-order valence-electron chi connectivity index (χ2n) is 7.59. The van der Waals surface area contributed by atoms with Gasteiger partial charge >= 0.3 is 6.03 Å². The van der Waals surface area contributed by atoms with Crippen LogP contribution in [0.4, 0.5) is 10.5 Å². The Morgan fingerprint density at radius 3 is 2.36 bits per heavy atom. The van der Waals surface area contributed by atoms with Crippen molar-refractivity contribution in [1.29, 1.82) is 0 Å². The van der Waals surface area contributed by atoms with E-state index in [-0.39, 0.29) is 17.9 Å². The number of rotatable bonds is 2. The van der Waals surface area contributed by atoms with E-state index < -0.39 is 0 Å².